The van der Waals surface area contributed by atoms with E-state index in [9.17, 15) is 24.3 Å². The Bertz CT molecular complexity index is 964. The minimum absolute atomic E-state index is 0.0629. The number of carboxylic acids is 1. The number of pyridine rings is 1. The molecule has 0 radical (unpaired) electrons. The van der Waals surface area contributed by atoms with Gasteiger partial charge in [0.15, 0.2) is 0 Å². The maximum absolute atomic E-state index is 12.8. The Kier molecular flexibility index (Phi) is 6.53. The highest BCUT2D eigenvalue weighted by Crippen LogP contribution is 2.19. The number of nitrogens with two attached hydrogens (primary N) is 1. The van der Waals surface area contributed by atoms with Gasteiger partial charge in [0.2, 0.25) is 0 Å². The SMILES string of the molecule is CC(C)(C)OC(=O)CCC(NC(=O)c1cc(C(N)=O)nc2ccccc12)C(=O)O. The van der Waals surface area contributed by atoms with E-state index in [1.807, 2.05) is 0 Å². The fraction of sp³-hybridized carbons (Fsp3) is 0.350. The predicted molar refractivity (Wildman–Crippen MR) is 104 cm³/mol. The van der Waals surface area contributed by atoms with Crippen LogP contribution >= 0.6 is 0 Å². The molecular formula is C20H23N3O6. The van der Waals surface area contributed by atoms with Crippen molar-refractivity contribution < 1.29 is 29.0 Å². The van der Waals surface area contributed by atoms with Crippen molar-refractivity contribution in [3.63, 3.8) is 0 Å². The number of rotatable bonds is 7. The van der Waals surface area contributed by atoms with E-state index >= 15 is 0 Å². The molecule has 154 valence electrons. The zero-order chi connectivity index (χ0) is 21.8. The first-order valence-corrected chi connectivity index (χ1v) is 8.93. The van der Waals surface area contributed by atoms with E-state index in [-0.39, 0.29) is 24.1 Å². The third-order valence-corrected chi connectivity index (χ3v) is 3.87. The summed E-state index contributed by atoms with van der Waals surface area (Å²) in [6.07, 6.45) is -0.334. The van der Waals surface area contributed by atoms with Crippen LogP contribution in [0.2, 0.25) is 0 Å². The quantitative estimate of drug-likeness (QED) is 0.597. The van der Waals surface area contributed by atoms with Gasteiger partial charge in [0, 0.05) is 11.8 Å². The highest BCUT2D eigenvalue weighted by Gasteiger charge is 2.25. The Morgan fingerprint density at radius 3 is 2.45 bits per heavy atom. The molecule has 2 aromatic rings. The largest absolute Gasteiger partial charge is 0.480 e. The van der Waals surface area contributed by atoms with Crippen molar-refractivity contribution in [3.05, 3.63) is 41.6 Å². The van der Waals surface area contributed by atoms with Crippen LogP contribution in [0.15, 0.2) is 30.3 Å². The second-order valence-corrected chi connectivity index (χ2v) is 7.43. The summed E-state index contributed by atoms with van der Waals surface area (Å²) < 4.78 is 5.15. The molecule has 1 atom stereocenters. The van der Waals surface area contributed by atoms with Crippen molar-refractivity contribution in [2.45, 2.75) is 45.3 Å². The van der Waals surface area contributed by atoms with E-state index in [2.05, 4.69) is 10.3 Å². The molecule has 2 rings (SSSR count). The predicted octanol–water partition coefficient (Wildman–Crippen LogP) is 1.64. The van der Waals surface area contributed by atoms with Gasteiger partial charge in [0.05, 0.1) is 11.1 Å². The number of nitrogens with one attached hydrogen (secondary N) is 1. The number of carboxylic acid groups (broad SMARTS) is 1. The smallest absolute Gasteiger partial charge is 0.326 e. The number of ether oxygens (including phenoxy) is 1. The van der Waals surface area contributed by atoms with Gasteiger partial charge in [0.1, 0.15) is 17.3 Å². The molecule has 0 fully saturated rings. The first-order chi connectivity index (χ1) is 13.5. The molecule has 9 nitrogen and oxygen atoms in total. The van der Waals surface area contributed by atoms with Crippen LogP contribution in [0, 0.1) is 0 Å². The van der Waals surface area contributed by atoms with E-state index in [4.69, 9.17) is 10.5 Å². The van der Waals surface area contributed by atoms with Crippen molar-refractivity contribution in [2.24, 2.45) is 5.73 Å². The second kappa shape index (κ2) is 8.68. The van der Waals surface area contributed by atoms with Crippen molar-refractivity contribution >= 4 is 34.7 Å². The molecule has 1 aromatic carbocycles. The third kappa shape index (κ3) is 6.00. The second-order valence-electron chi connectivity index (χ2n) is 7.43. The minimum atomic E-state index is -1.32. The van der Waals surface area contributed by atoms with Crippen molar-refractivity contribution in [3.8, 4) is 0 Å². The van der Waals surface area contributed by atoms with Gasteiger partial charge in [0.25, 0.3) is 11.8 Å². The molecule has 1 aromatic heterocycles. The molecule has 9 heteroatoms. The number of aliphatic carboxylic acids is 1. The van der Waals surface area contributed by atoms with Crippen LogP contribution in [0.25, 0.3) is 10.9 Å². The summed E-state index contributed by atoms with van der Waals surface area (Å²) in [4.78, 5) is 51.8. The zero-order valence-electron chi connectivity index (χ0n) is 16.4. The van der Waals surface area contributed by atoms with Gasteiger partial charge in [-0.2, -0.15) is 0 Å². The number of fused-ring (bicyclic) bond motifs is 1. The molecule has 29 heavy (non-hydrogen) atoms. The summed E-state index contributed by atoms with van der Waals surface area (Å²) in [6.45, 7) is 5.10. The van der Waals surface area contributed by atoms with Crippen LogP contribution in [0.3, 0.4) is 0 Å². The third-order valence-electron chi connectivity index (χ3n) is 3.87. The highest BCUT2D eigenvalue weighted by atomic mass is 16.6. The average Bonchev–Trinajstić information content (AvgIpc) is 2.62. The van der Waals surface area contributed by atoms with E-state index in [0.717, 1.165) is 0 Å². The van der Waals surface area contributed by atoms with Crippen LogP contribution < -0.4 is 11.1 Å². The summed E-state index contributed by atoms with van der Waals surface area (Å²) in [5.41, 5.74) is 4.90. The van der Waals surface area contributed by atoms with Gasteiger partial charge in [-0.1, -0.05) is 18.2 Å². The number of esters is 1. The normalized spacial score (nSPS) is 12.2. The lowest BCUT2D eigenvalue weighted by molar-refractivity contribution is -0.155. The van der Waals surface area contributed by atoms with E-state index in [0.29, 0.717) is 10.9 Å². The van der Waals surface area contributed by atoms with Crippen LogP contribution in [-0.2, 0) is 14.3 Å². The summed E-state index contributed by atoms with van der Waals surface area (Å²) in [5, 5.41) is 12.2. The lowest BCUT2D eigenvalue weighted by Crippen LogP contribution is -2.41. The number of hydrogen-bond donors (Lipinski definition) is 3. The fourth-order valence-corrected chi connectivity index (χ4v) is 2.64. The molecule has 0 aliphatic heterocycles. The van der Waals surface area contributed by atoms with Crippen LogP contribution in [0.5, 0.6) is 0 Å². The summed E-state index contributed by atoms with van der Waals surface area (Å²) in [6, 6.07) is 6.49. The van der Waals surface area contributed by atoms with Gasteiger partial charge < -0.3 is 20.9 Å². The maximum atomic E-state index is 12.8. The topological polar surface area (TPSA) is 149 Å². The van der Waals surface area contributed by atoms with Crippen molar-refractivity contribution in [1.82, 2.24) is 10.3 Å². The molecule has 0 aliphatic carbocycles. The Hall–Kier alpha value is -3.49. The number of aromatic nitrogens is 1. The molecular weight excluding hydrogens is 378 g/mol. The summed E-state index contributed by atoms with van der Waals surface area (Å²) in [7, 11) is 0. The molecule has 1 heterocycles. The summed E-state index contributed by atoms with van der Waals surface area (Å²) >= 11 is 0. The number of amides is 2. The molecule has 0 bridgehead atoms. The first-order valence-electron chi connectivity index (χ1n) is 8.93. The molecule has 4 N–H and O–H groups in total. The maximum Gasteiger partial charge on any atom is 0.326 e. The standard InChI is InChI=1S/C20H23N3O6/c1-20(2,3)29-16(24)9-8-14(19(27)28)23-18(26)12-10-15(17(21)25)22-13-7-5-4-6-11(12)13/h4-7,10,14H,8-9H2,1-3H3,(H2,21,25)(H,23,26)(H,27,28). The molecule has 2 amide bonds. The Morgan fingerprint density at radius 2 is 1.86 bits per heavy atom. The van der Waals surface area contributed by atoms with Gasteiger partial charge in [-0.25, -0.2) is 9.78 Å². The van der Waals surface area contributed by atoms with Gasteiger partial charge in [-0.3, -0.25) is 14.4 Å². The van der Waals surface area contributed by atoms with E-state index in [1.165, 1.54) is 6.07 Å². The number of benzene rings is 1. The molecule has 0 saturated heterocycles. The van der Waals surface area contributed by atoms with Crippen LogP contribution in [-0.4, -0.2) is 45.5 Å². The van der Waals surface area contributed by atoms with Crippen molar-refractivity contribution in [2.75, 3.05) is 0 Å². The highest BCUT2D eigenvalue weighted by molar-refractivity contribution is 6.09. The Morgan fingerprint density at radius 1 is 1.21 bits per heavy atom. The Labute approximate surface area is 167 Å². The van der Waals surface area contributed by atoms with Gasteiger partial charge >= 0.3 is 11.9 Å². The van der Waals surface area contributed by atoms with E-state index in [1.54, 1.807) is 45.0 Å². The van der Waals surface area contributed by atoms with Gasteiger partial charge in [-0.05, 0) is 39.3 Å². The number of nitrogens with zero attached hydrogens (tertiary/aromatic N) is 1. The zero-order valence-corrected chi connectivity index (χ0v) is 16.4. The monoisotopic (exact) mass is 401 g/mol. The number of primary amides is 1. The van der Waals surface area contributed by atoms with Gasteiger partial charge in [-0.15, -0.1) is 0 Å². The van der Waals surface area contributed by atoms with Crippen LogP contribution in [0.4, 0.5) is 0 Å². The average molecular weight is 401 g/mol. The number of carbonyl (C=O) groups excluding carboxylic acids is 3. The van der Waals surface area contributed by atoms with Crippen LogP contribution in [0.1, 0.15) is 54.5 Å². The molecule has 0 saturated carbocycles. The molecule has 1 unspecified atom stereocenters. The minimum Gasteiger partial charge on any atom is -0.480 e. The molecule has 0 aliphatic rings. The van der Waals surface area contributed by atoms with E-state index < -0.39 is 35.4 Å². The number of carbonyl (C=O) groups is 4. The summed E-state index contributed by atoms with van der Waals surface area (Å²) in [5.74, 6) is -3.40. The number of para-hydroxylation sites is 1. The fourth-order valence-electron chi connectivity index (χ4n) is 2.64. The number of hydrogen-bond acceptors (Lipinski definition) is 6. The van der Waals surface area contributed by atoms with Crippen molar-refractivity contribution in [1.29, 1.82) is 0 Å². The Balaban J connectivity index is 2.23. The molecule has 0 spiro atoms. The lowest BCUT2D eigenvalue weighted by atomic mass is 10.1. The first kappa shape index (κ1) is 21.8. The lowest BCUT2D eigenvalue weighted by Gasteiger charge is -2.20.